The van der Waals surface area contributed by atoms with Crippen molar-refractivity contribution < 1.29 is 23.9 Å². The number of hydrogen-bond acceptors (Lipinski definition) is 5. The first kappa shape index (κ1) is 13.4. The molecule has 0 saturated carbocycles. The summed E-state index contributed by atoms with van der Waals surface area (Å²) < 4.78 is 9.26. The maximum Gasteiger partial charge on any atom is 0.408 e. The minimum atomic E-state index is -0.703. The number of carbonyl (C=O) groups is 3. The zero-order chi connectivity index (χ0) is 11.9. The summed E-state index contributed by atoms with van der Waals surface area (Å²) in [5.74, 6) is -0.687. The van der Waals surface area contributed by atoms with Crippen LogP contribution in [0.5, 0.6) is 0 Å². The maximum atomic E-state index is 11.0. The third-order valence-corrected chi connectivity index (χ3v) is 1.09. The first-order chi connectivity index (χ1) is 6.85. The molecular formula is C9H15NO5. The summed E-state index contributed by atoms with van der Waals surface area (Å²) in [5.41, 5.74) is -0.614. The Morgan fingerprint density at radius 3 is 2.40 bits per heavy atom. The molecule has 0 fully saturated rings. The van der Waals surface area contributed by atoms with Crippen molar-refractivity contribution in [1.82, 2.24) is 5.32 Å². The minimum absolute atomic E-state index is 0.311. The summed E-state index contributed by atoms with van der Waals surface area (Å²) in [7, 11) is 0. The average molecular weight is 217 g/mol. The molecule has 0 bridgehead atoms. The van der Waals surface area contributed by atoms with Crippen LogP contribution < -0.4 is 5.32 Å². The van der Waals surface area contributed by atoms with E-state index in [2.05, 4.69) is 10.1 Å². The second kappa shape index (κ2) is 6.00. The lowest BCUT2D eigenvalue weighted by Crippen LogP contribution is -2.36. The topological polar surface area (TPSA) is 81.7 Å². The van der Waals surface area contributed by atoms with Crippen molar-refractivity contribution >= 4 is 18.3 Å². The molecule has 0 aliphatic heterocycles. The predicted molar refractivity (Wildman–Crippen MR) is 51.3 cm³/mol. The average Bonchev–Trinajstić information content (AvgIpc) is 2.08. The number of carbonyl (C=O) groups excluding carboxylic acids is 3. The van der Waals surface area contributed by atoms with Crippen molar-refractivity contribution in [3.05, 3.63) is 0 Å². The molecule has 0 spiro atoms. The highest BCUT2D eigenvalue weighted by Gasteiger charge is 2.16. The van der Waals surface area contributed by atoms with E-state index in [0.717, 1.165) is 0 Å². The fourth-order valence-corrected chi connectivity index (χ4v) is 0.637. The van der Waals surface area contributed by atoms with Crippen molar-refractivity contribution in [2.24, 2.45) is 0 Å². The second-order valence-electron chi connectivity index (χ2n) is 3.71. The molecule has 0 radical (unpaired) electrons. The fourth-order valence-electron chi connectivity index (χ4n) is 0.637. The highest BCUT2D eigenvalue weighted by atomic mass is 16.6. The van der Waals surface area contributed by atoms with Gasteiger partial charge in [0.1, 0.15) is 18.8 Å². The van der Waals surface area contributed by atoms with Crippen molar-refractivity contribution in [2.45, 2.75) is 26.4 Å². The minimum Gasteiger partial charge on any atom is -0.457 e. The van der Waals surface area contributed by atoms with Crippen molar-refractivity contribution in [3.63, 3.8) is 0 Å². The second-order valence-corrected chi connectivity index (χ2v) is 3.71. The SMILES string of the molecule is CC(C)(C)OC(=O)NCC(=O)OCC=O. The van der Waals surface area contributed by atoms with Crippen LogP contribution in [0.3, 0.4) is 0 Å². The third-order valence-electron chi connectivity index (χ3n) is 1.09. The number of alkyl carbamates (subject to hydrolysis) is 1. The number of nitrogens with one attached hydrogen (secondary N) is 1. The molecule has 86 valence electrons. The molecule has 0 aliphatic carbocycles. The summed E-state index contributed by atoms with van der Waals surface area (Å²) in [6.07, 6.45) is -0.253. The molecule has 0 heterocycles. The third kappa shape index (κ3) is 8.73. The van der Waals surface area contributed by atoms with Crippen LogP contribution >= 0.6 is 0 Å². The summed E-state index contributed by atoms with van der Waals surface area (Å²) >= 11 is 0. The lowest BCUT2D eigenvalue weighted by atomic mass is 10.2. The molecule has 6 heteroatoms. The summed E-state index contributed by atoms with van der Waals surface area (Å²) in [6.45, 7) is 4.49. The van der Waals surface area contributed by atoms with Gasteiger partial charge in [0, 0.05) is 0 Å². The van der Waals surface area contributed by atoms with Crippen molar-refractivity contribution in [1.29, 1.82) is 0 Å². The van der Waals surface area contributed by atoms with E-state index in [1.807, 2.05) is 0 Å². The lowest BCUT2D eigenvalue weighted by Gasteiger charge is -2.19. The van der Waals surface area contributed by atoms with E-state index in [4.69, 9.17) is 4.74 Å². The first-order valence-corrected chi connectivity index (χ1v) is 4.41. The van der Waals surface area contributed by atoms with Gasteiger partial charge in [-0.25, -0.2) is 4.79 Å². The Labute approximate surface area is 87.9 Å². The molecule has 0 atom stereocenters. The van der Waals surface area contributed by atoms with E-state index in [0.29, 0.717) is 6.29 Å². The molecule has 0 aromatic heterocycles. The van der Waals surface area contributed by atoms with Gasteiger partial charge in [0.25, 0.3) is 0 Å². The van der Waals surface area contributed by atoms with E-state index in [-0.39, 0.29) is 13.2 Å². The molecule has 0 rings (SSSR count). The highest BCUT2D eigenvalue weighted by molar-refractivity contribution is 5.78. The van der Waals surface area contributed by atoms with Gasteiger partial charge in [-0.1, -0.05) is 0 Å². The highest BCUT2D eigenvalue weighted by Crippen LogP contribution is 2.05. The van der Waals surface area contributed by atoms with Gasteiger partial charge in [-0.2, -0.15) is 0 Å². The molecule has 6 nitrogen and oxygen atoms in total. The summed E-state index contributed by atoms with van der Waals surface area (Å²) in [5, 5.41) is 2.20. The molecular weight excluding hydrogens is 202 g/mol. The number of amides is 1. The Kier molecular flexibility index (Phi) is 5.36. The number of aldehydes is 1. The van der Waals surface area contributed by atoms with Gasteiger partial charge in [0.2, 0.25) is 0 Å². The maximum absolute atomic E-state index is 11.0. The number of ether oxygens (including phenoxy) is 2. The Morgan fingerprint density at radius 2 is 1.93 bits per heavy atom. The molecule has 1 amide bonds. The van der Waals surface area contributed by atoms with Crippen LogP contribution in [-0.2, 0) is 19.1 Å². The van der Waals surface area contributed by atoms with Crippen LogP contribution in [0.2, 0.25) is 0 Å². The van der Waals surface area contributed by atoms with E-state index in [9.17, 15) is 14.4 Å². The van der Waals surface area contributed by atoms with Gasteiger partial charge in [-0.05, 0) is 20.8 Å². The van der Waals surface area contributed by atoms with Gasteiger partial charge >= 0.3 is 12.1 Å². The zero-order valence-electron chi connectivity index (χ0n) is 9.03. The number of rotatable bonds is 4. The number of esters is 1. The zero-order valence-corrected chi connectivity index (χ0v) is 9.03. The first-order valence-electron chi connectivity index (χ1n) is 4.41. The Balaban J connectivity index is 3.71. The smallest absolute Gasteiger partial charge is 0.408 e. The molecule has 15 heavy (non-hydrogen) atoms. The fraction of sp³-hybridized carbons (Fsp3) is 0.667. The summed E-state index contributed by atoms with van der Waals surface area (Å²) in [4.78, 5) is 31.7. The molecule has 1 N–H and O–H groups in total. The van der Waals surface area contributed by atoms with Crippen LogP contribution in [0.15, 0.2) is 0 Å². The Hall–Kier alpha value is -1.59. The Bertz CT molecular complexity index is 243. The van der Waals surface area contributed by atoms with Crippen molar-refractivity contribution in [2.75, 3.05) is 13.2 Å². The van der Waals surface area contributed by atoms with Crippen molar-refractivity contribution in [3.8, 4) is 0 Å². The predicted octanol–water partition coefficient (Wildman–Crippen LogP) is 0.253. The van der Waals surface area contributed by atoms with Gasteiger partial charge in [-0.3, -0.25) is 9.59 Å². The van der Waals surface area contributed by atoms with Crippen LogP contribution in [-0.4, -0.2) is 37.1 Å². The number of hydrogen-bond donors (Lipinski definition) is 1. The largest absolute Gasteiger partial charge is 0.457 e. The Morgan fingerprint density at radius 1 is 1.33 bits per heavy atom. The van der Waals surface area contributed by atoms with Crippen LogP contribution in [0, 0.1) is 0 Å². The molecule has 0 saturated heterocycles. The van der Waals surface area contributed by atoms with Crippen LogP contribution in [0.25, 0.3) is 0 Å². The standard InChI is InChI=1S/C9H15NO5/c1-9(2,3)15-8(13)10-6-7(12)14-5-4-11/h4H,5-6H2,1-3H3,(H,10,13). The van der Waals surface area contributed by atoms with E-state index in [1.54, 1.807) is 20.8 Å². The quantitative estimate of drug-likeness (QED) is 0.539. The van der Waals surface area contributed by atoms with Crippen LogP contribution in [0.1, 0.15) is 20.8 Å². The van der Waals surface area contributed by atoms with E-state index < -0.39 is 17.7 Å². The van der Waals surface area contributed by atoms with E-state index in [1.165, 1.54) is 0 Å². The van der Waals surface area contributed by atoms with Gasteiger partial charge in [0.05, 0.1) is 0 Å². The van der Waals surface area contributed by atoms with Crippen LogP contribution in [0.4, 0.5) is 4.79 Å². The van der Waals surface area contributed by atoms with Gasteiger partial charge in [-0.15, -0.1) is 0 Å². The van der Waals surface area contributed by atoms with Gasteiger partial charge < -0.3 is 14.8 Å². The molecule has 0 aliphatic rings. The normalized spacial score (nSPS) is 10.3. The summed E-state index contributed by atoms with van der Waals surface area (Å²) in [6, 6.07) is 0. The molecule has 0 unspecified atom stereocenters. The van der Waals surface area contributed by atoms with E-state index >= 15 is 0 Å². The molecule has 0 aromatic rings. The molecule has 0 aromatic carbocycles. The lowest BCUT2D eigenvalue weighted by molar-refractivity contribution is -0.144. The monoisotopic (exact) mass is 217 g/mol. The van der Waals surface area contributed by atoms with Gasteiger partial charge in [0.15, 0.2) is 6.29 Å².